The Morgan fingerprint density at radius 1 is 0.213 bits per heavy atom. The second-order valence-corrected chi connectivity index (χ2v) is 29.5. The van der Waals surface area contributed by atoms with Crippen molar-refractivity contribution < 1.29 is 18.9 Å². The SMILES string of the molecule is Cc1cc(C)c(N2c3cc4c(cc3B3c5cc6c(cc5N(c5c(C)cc(C)cc5C)c5cc(N(c7ccccc7)c7ccccc7)cc2c53)Oc2cc(N(c3ccccc3)c3ccccc3)cc3c2B6c2ccccc2O3)B2c3ccccc3Oc3cc(N(c5ccccc5)c5ccccc5)cc(c32)O4)c(C)c1. The Morgan fingerprint density at radius 3 is 0.796 bits per heavy atom. The standard InChI is InChI=1S/C96H70B3N5O4/c1-59-45-61(3)95(62(4)46-59)103-80-57-86-78(97-74-41-25-27-43-84(74)105-88-51-72(53-90(107-86)93(88)97)101(67-33-17-9-18-34-67)68-35-19-10-20-36-68)55-76(80)99-77-56-79-87(108-91-54-73(52-89-94(91)98(79)75-42-26-28-44-85(75)106-89)102(69-37-21-11-22-38-69)70-39-23-12-24-40-70)58-81(77)104(96-63(5)47-60(2)48-64(96)6)83-50-71(49-82(103)92(83)99)100(65-29-13-7-14-30-65)66-31-15-8-16-32-66/h7-58H,1-6H3. The second kappa shape index (κ2) is 24.7. The van der Waals surface area contributed by atoms with Gasteiger partial charge in [-0.25, -0.2) is 0 Å². The van der Waals surface area contributed by atoms with Crippen LogP contribution in [-0.2, 0) is 0 Å². The minimum absolute atomic E-state index is 0.276. The highest BCUT2D eigenvalue weighted by Crippen LogP contribution is 2.54. The van der Waals surface area contributed by atoms with Crippen LogP contribution in [0.4, 0.5) is 85.3 Å². The van der Waals surface area contributed by atoms with E-state index in [-0.39, 0.29) is 20.1 Å². The number of rotatable bonds is 11. The summed E-state index contributed by atoms with van der Waals surface area (Å²) in [4.78, 5) is 12.2. The third-order valence-corrected chi connectivity index (χ3v) is 22.6. The van der Waals surface area contributed by atoms with E-state index in [9.17, 15) is 0 Å². The maximum atomic E-state index is 7.76. The lowest BCUT2D eigenvalue weighted by atomic mass is 9.29. The third-order valence-electron chi connectivity index (χ3n) is 22.6. The van der Waals surface area contributed by atoms with E-state index < -0.39 is 0 Å². The second-order valence-electron chi connectivity index (χ2n) is 29.5. The van der Waals surface area contributed by atoms with Crippen molar-refractivity contribution in [2.24, 2.45) is 0 Å². The molecule has 108 heavy (non-hydrogen) atoms. The Bertz CT molecular complexity index is 5710. The van der Waals surface area contributed by atoms with Crippen molar-refractivity contribution in [3.63, 3.8) is 0 Å². The Morgan fingerprint density at radius 2 is 0.481 bits per heavy atom. The summed E-state index contributed by atoms with van der Waals surface area (Å²) >= 11 is 0. The van der Waals surface area contributed by atoms with Gasteiger partial charge in [-0.1, -0.05) is 193 Å². The molecule has 0 amide bonds. The van der Waals surface area contributed by atoms with Crippen molar-refractivity contribution >= 4 is 155 Å². The first-order chi connectivity index (χ1) is 53.0. The van der Waals surface area contributed by atoms with Gasteiger partial charge in [-0.2, -0.15) is 0 Å². The van der Waals surface area contributed by atoms with Crippen molar-refractivity contribution in [2.75, 3.05) is 24.5 Å². The molecule has 0 saturated carbocycles. The van der Waals surface area contributed by atoms with E-state index in [0.717, 1.165) is 197 Å². The van der Waals surface area contributed by atoms with Crippen LogP contribution < -0.4 is 92.6 Å². The summed E-state index contributed by atoms with van der Waals surface area (Å²) < 4.78 is 29.9. The zero-order valence-corrected chi connectivity index (χ0v) is 60.6. The smallest absolute Gasteiger partial charge is 0.260 e. The molecule has 9 nitrogen and oxygen atoms in total. The molecule has 0 N–H and O–H groups in total. The Kier molecular flexibility index (Phi) is 14.4. The molecule has 21 rings (SSSR count). The number of ether oxygens (including phenoxy) is 4. The van der Waals surface area contributed by atoms with E-state index in [1.807, 2.05) is 0 Å². The van der Waals surface area contributed by atoms with Crippen LogP contribution in [0.2, 0.25) is 0 Å². The number of fused-ring (bicyclic) bond motifs is 12. The number of hydrogen-bond acceptors (Lipinski definition) is 9. The summed E-state index contributed by atoms with van der Waals surface area (Å²) in [7, 11) is 0. The number of nitrogens with zero attached hydrogens (tertiary/aromatic N) is 5. The Hall–Kier alpha value is -13.3. The largest absolute Gasteiger partial charge is 0.458 e. The predicted molar refractivity (Wildman–Crippen MR) is 448 cm³/mol. The molecule has 0 aromatic heterocycles. The number of benzene rings is 15. The molecule has 0 fully saturated rings. The Balaban J connectivity index is 0.867. The lowest BCUT2D eigenvalue weighted by molar-refractivity contribution is 0.464. The van der Waals surface area contributed by atoms with Crippen LogP contribution >= 0.6 is 0 Å². The molecule has 512 valence electrons. The van der Waals surface area contributed by atoms with E-state index in [1.54, 1.807) is 0 Å². The molecule has 6 aliphatic rings. The molecule has 6 aliphatic heterocycles. The lowest BCUT2D eigenvalue weighted by Crippen LogP contribution is -2.65. The van der Waals surface area contributed by atoms with Crippen LogP contribution in [-0.4, -0.2) is 20.1 Å². The quantitative estimate of drug-likeness (QED) is 0.118. The molecule has 0 aliphatic carbocycles. The van der Waals surface area contributed by atoms with Crippen molar-refractivity contribution in [2.45, 2.75) is 41.5 Å². The van der Waals surface area contributed by atoms with Crippen LogP contribution in [0.15, 0.2) is 315 Å². The van der Waals surface area contributed by atoms with Gasteiger partial charge in [0.2, 0.25) is 0 Å². The van der Waals surface area contributed by atoms with Gasteiger partial charge in [0.1, 0.15) is 46.0 Å². The van der Waals surface area contributed by atoms with Gasteiger partial charge >= 0.3 is 0 Å². The van der Waals surface area contributed by atoms with Crippen LogP contribution in [0.1, 0.15) is 33.4 Å². The molecule has 0 atom stereocenters. The van der Waals surface area contributed by atoms with Gasteiger partial charge in [0.25, 0.3) is 20.1 Å². The van der Waals surface area contributed by atoms with E-state index in [1.165, 1.54) is 16.6 Å². The zero-order chi connectivity index (χ0) is 72.2. The molecule has 0 radical (unpaired) electrons. The van der Waals surface area contributed by atoms with Crippen LogP contribution in [0.5, 0.6) is 46.0 Å². The van der Waals surface area contributed by atoms with Crippen LogP contribution in [0.3, 0.4) is 0 Å². The van der Waals surface area contributed by atoms with Crippen LogP contribution in [0, 0.1) is 41.5 Å². The monoisotopic (exact) mass is 1390 g/mol. The van der Waals surface area contributed by atoms with Crippen LogP contribution in [0.25, 0.3) is 0 Å². The lowest BCUT2D eigenvalue weighted by Gasteiger charge is -2.47. The zero-order valence-electron chi connectivity index (χ0n) is 60.6. The first kappa shape index (κ1) is 63.2. The topological polar surface area (TPSA) is 53.1 Å². The highest BCUT2D eigenvalue weighted by molar-refractivity contribution is 7.03. The van der Waals surface area contributed by atoms with Gasteiger partial charge < -0.3 is 43.4 Å². The minimum atomic E-state index is -0.372. The average molecular weight is 1390 g/mol. The van der Waals surface area contributed by atoms with Crippen molar-refractivity contribution in [1.82, 2.24) is 0 Å². The van der Waals surface area contributed by atoms with Gasteiger partial charge in [0.05, 0.1) is 28.4 Å². The average Bonchev–Trinajstić information content (AvgIpc) is 0.682. The molecule has 6 heterocycles. The number of para-hydroxylation sites is 8. The molecule has 15 aromatic carbocycles. The summed E-state index contributed by atoms with van der Waals surface area (Å²) in [5.74, 6) is 6.19. The van der Waals surface area contributed by atoms with E-state index in [4.69, 9.17) is 18.9 Å². The van der Waals surface area contributed by atoms with E-state index in [0.29, 0.717) is 0 Å². The summed E-state index contributed by atoms with van der Waals surface area (Å²) in [6, 6.07) is 114. The fourth-order valence-corrected chi connectivity index (χ4v) is 18.6. The van der Waals surface area contributed by atoms with Crippen molar-refractivity contribution in [1.29, 1.82) is 0 Å². The first-order valence-corrected chi connectivity index (χ1v) is 37.3. The molecule has 0 unspecified atom stereocenters. The van der Waals surface area contributed by atoms with Crippen molar-refractivity contribution in [3.8, 4) is 46.0 Å². The fourth-order valence-electron chi connectivity index (χ4n) is 18.6. The number of anilines is 15. The molecular formula is C96H70B3N5O4. The van der Waals surface area contributed by atoms with Gasteiger partial charge in [-0.05, 0) is 199 Å². The number of hydrogen-bond donors (Lipinski definition) is 0. The first-order valence-electron chi connectivity index (χ1n) is 37.3. The van der Waals surface area contributed by atoms with Gasteiger partial charge in [-0.3, -0.25) is 0 Å². The molecule has 12 heteroatoms. The van der Waals surface area contributed by atoms with E-state index >= 15 is 0 Å². The maximum absolute atomic E-state index is 7.76. The summed E-state index contributed by atoms with van der Waals surface area (Å²) in [5, 5.41) is 0. The predicted octanol–water partition coefficient (Wildman–Crippen LogP) is 19.5. The third kappa shape index (κ3) is 9.89. The Labute approximate surface area is 630 Å². The van der Waals surface area contributed by atoms with Gasteiger partial charge in [0.15, 0.2) is 0 Å². The maximum Gasteiger partial charge on any atom is 0.260 e. The van der Waals surface area contributed by atoms with Crippen molar-refractivity contribution in [3.05, 3.63) is 349 Å². The molecule has 0 spiro atoms. The fraction of sp³-hybridized carbons (Fsp3) is 0.0625. The molecule has 0 bridgehead atoms. The molecule has 0 saturated heterocycles. The normalized spacial score (nSPS) is 13.1. The number of aryl methyl sites for hydroxylation is 6. The summed E-state index contributed by atoms with van der Waals surface area (Å²) in [6.45, 7) is 12.6. The minimum Gasteiger partial charge on any atom is -0.458 e. The highest BCUT2D eigenvalue weighted by Gasteiger charge is 2.51. The van der Waals surface area contributed by atoms with Gasteiger partial charge in [-0.15, -0.1) is 0 Å². The van der Waals surface area contributed by atoms with Gasteiger partial charge in [0, 0.05) is 104 Å². The summed E-state index contributed by atoms with van der Waals surface area (Å²) in [6.07, 6.45) is 0. The summed E-state index contributed by atoms with van der Waals surface area (Å²) in [5.41, 5.74) is 32.2. The molecular weight excluding hydrogens is 1320 g/mol. The highest BCUT2D eigenvalue weighted by atomic mass is 16.5. The molecule has 15 aromatic rings. The van der Waals surface area contributed by atoms with E-state index in [2.05, 4.69) is 381 Å².